The molecule has 0 aliphatic heterocycles. The molecule has 0 fully saturated rings. The van der Waals surface area contributed by atoms with Crippen LogP contribution < -0.4 is 0 Å². The molecule has 0 aromatic carbocycles. The van der Waals surface area contributed by atoms with E-state index < -0.39 is 6.10 Å². The van der Waals surface area contributed by atoms with Crippen LogP contribution >= 0.6 is 0 Å². The molecule has 0 radical (unpaired) electrons. The van der Waals surface area contributed by atoms with E-state index in [0.717, 1.165) is 103 Å². The Morgan fingerprint density at radius 3 is 0.954 bits per heavy atom. The first-order valence-corrected chi connectivity index (χ1v) is 28.1. The summed E-state index contributed by atoms with van der Waals surface area (Å²) in [5.74, 6) is -0.891. The summed E-state index contributed by atoms with van der Waals surface area (Å²) in [7, 11) is 0. The van der Waals surface area contributed by atoms with Gasteiger partial charge in [-0.05, 0) is 77.0 Å². The zero-order chi connectivity index (χ0) is 47.2. The summed E-state index contributed by atoms with van der Waals surface area (Å²) < 4.78 is 16.8. The summed E-state index contributed by atoms with van der Waals surface area (Å²) in [6.07, 6.45) is 65.2. The third-order valence-corrected chi connectivity index (χ3v) is 12.3. The van der Waals surface area contributed by atoms with Crippen LogP contribution in [0.5, 0.6) is 0 Å². The maximum absolute atomic E-state index is 12.8. The molecule has 378 valence electrons. The molecule has 1 atom stereocenters. The van der Waals surface area contributed by atoms with Crippen molar-refractivity contribution in [3.63, 3.8) is 0 Å². The maximum atomic E-state index is 12.8. The zero-order valence-electron chi connectivity index (χ0n) is 43.3. The number of esters is 3. The second-order valence-corrected chi connectivity index (χ2v) is 18.8. The minimum atomic E-state index is -0.781. The van der Waals surface area contributed by atoms with Crippen molar-refractivity contribution in [2.75, 3.05) is 13.2 Å². The van der Waals surface area contributed by atoms with Crippen LogP contribution in [0, 0.1) is 0 Å². The van der Waals surface area contributed by atoms with Crippen LogP contribution in [0.3, 0.4) is 0 Å². The van der Waals surface area contributed by atoms with Crippen LogP contribution in [0.1, 0.15) is 290 Å². The van der Waals surface area contributed by atoms with Crippen LogP contribution in [0.25, 0.3) is 0 Å². The fourth-order valence-electron chi connectivity index (χ4n) is 8.10. The Labute approximate surface area is 403 Å². The third kappa shape index (κ3) is 52.2. The van der Waals surface area contributed by atoms with Crippen molar-refractivity contribution in [2.24, 2.45) is 0 Å². The monoisotopic (exact) mass is 911 g/mol. The lowest BCUT2D eigenvalue weighted by molar-refractivity contribution is -0.167. The number of unbranched alkanes of at least 4 members (excludes halogenated alkanes) is 32. The van der Waals surface area contributed by atoms with Crippen LogP contribution in [0.15, 0.2) is 48.6 Å². The van der Waals surface area contributed by atoms with E-state index in [2.05, 4.69) is 69.4 Å². The highest BCUT2D eigenvalue weighted by molar-refractivity contribution is 5.71. The fraction of sp³-hybridized carbons (Fsp3) is 0.814. The normalized spacial score (nSPS) is 12.4. The van der Waals surface area contributed by atoms with Gasteiger partial charge in [0.2, 0.25) is 0 Å². The summed E-state index contributed by atoms with van der Waals surface area (Å²) in [5.41, 5.74) is 0. The fourth-order valence-corrected chi connectivity index (χ4v) is 8.10. The smallest absolute Gasteiger partial charge is 0.306 e. The Bertz CT molecular complexity index is 1140. The van der Waals surface area contributed by atoms with Gasteiger partial charge < -0.3 is 14.2 Å². The van der Waals surface area contributed by atoms with E-state index >= 15 is 0 Å². The SMILES string of the molecule is CC/C=C\C/C=C\C/C=C\CCCCCCCC(=O)OC[C@H](COC(=O)CCCCCCC/C=C\CCCCCCCC)OC(=O)CCCCCCCCCCCCCCCCCCC. The van der Waals surface area contributed by atoms with E-state index in [1.54, 1.807) is 0 Å². The van der Waals surface area contributed by atoms with Crippen molar-refractivity contribution in [3.05, 3.63) is 48.6 Å². The number of hydrogen-bond acceptors (Lipinski definition) is 6. The van der Waals surface area contributed by atoms with Crippen LogP contribution in [0.2, 0.25) is 0 Å². The number of allylic oxidation sites excluding steroid dienone is 8. The molecule has 0 bridgehead atoms. The molecule has 0 heterocycles. The first-order valence-electron chi connectivity index (χ1n) is 28.1. The number of carbonyl (C=O) groups is 3. The molecule has 0 aliphatic rings. The molecule has 0 saturated carbocycles. The van der Waals surface area contributed by atoms with E-state index in [1.165, 1.54) is 148 Å². The number of hydrogen-bond donors (Lipinski definition) is 0. The first kappa shape index (κ1) is 62.4. The Kier molecular flexibility index (Phi) is 51.8. The molecule has 6 nitrogen and oxygen atoms in total. The Morgan fingerprint density at radius 2 is 0.600 bits per heavy atom. The molecule has 0 unspecified atom stereocenters. The van der Waals surface area contributed by atoms with Crippen molar-refractivity contribution < 1.29 is 28.6 Å². The molecule has 0 amide bonds. The number of rotatable bonds is 51. The molecule has 0 aliphatic carbocycles. The second-order valence-electron chi connectivity index (χ2n) is 18.8. The number of carbonyl (C=O) groups excluding carboxylic acids is 3. The van der Waals surface area contributed by atoms with Crippen molar-refractivity contribution in [1.82, 2.24) is 0 Å². The summed E-state index contributed by atoms with van der Waals surface area (Å²) in [5, 5.41) is 0. The Morgan fingerprint density at radius 1 is 0.323 bits per heavy atom. The predicted molar refractivity (Wildman–Crippen MR) is 279 cm³/mol. The maximum Gasteiger partial charge on any atom is 0.306 e. The predicted octanol–water partition coefficient (Wildman–Crippen LogP) is 18.7. The van der Waals surface area contributed by atoms with Gasteiger partial charge in [0.25, 0.3) is 0 Å². The lowest BCUT2D eigenvalue weighted by Crippen LogP contribution is -2.30. The molecule has 0 rings (SSSR count). The van der Waals surface area contributed by atoms with E-state index in [0.29, 0.717) is 19.3 Å². The second kappa shape index (κ2) is 54.0. The van der Waals surface area contributed by atoms with Gasteiger partial charge >= 0.3 is 17.9 Å². The molecular formula is C59H106O6. The molecular weight excluding hydrogens is 805 g/mol. The number of ether oxygens (including phenoxy) is 3. The minimum Gasteiger partial charge on any atom is -0.462 e. The topological polar surface area (TPSA) is 78.9 Å². The largest absolute Gasteiger partial charge is 0.462 e. The van der Waals surface area contributed by atoms with Gasteiger partial charge in [-0.2, -0.15) is 0 Å². The molecule has 0 aromatic rings. The average molecular weight is 911 g/mol. The van der Waals surface area contributed by atoms with Crippen LogP contribution in [-0.4, -0.2) is 37.2 Å². The average Bonchev–Trinajstić information content (AvgIpc) is 3.30. The summed E-state index contributed by atoms with van der Waals surface area (Å²) in [4.78, 5) is 38.1. The molecule has 0 spiro atoms. The van der Waals surface area contributed by atoms with Gasteiger partial charge in [-0.3, -0.25) is 14.4 Å². The van der Waals surface area contributed by atoms with Gasteiger partial charge in [-0.1, -0.05) is 243 Å². The standard InChI is InChI=1S/C59H106O6/c1-4-7-10-13-16-19-22-25-28-29-32-35-38-41-44-47-50-53-59(62)65-56(54-63-57(60)51-48-45-42-39-36-33-30-26-23-20-17-14-11-8-5-2)55-64-58(61)52-49-46-43-40-37-34-31-27-24-21-18-15-12-9-6-3/h8,11,17,20,26-27,30-31,56H,4-7,9-10,12-16,18-19,21-25,28-29,32-55H2,1-3H3/b11-8-,20-17-,30-26-,31-27-/t56-/m1/s1. The Balaban J connectivity index is 4.38. The molecule has 0 aromatic heterocycles. The molecule has 65 heavy (non-hydrogen) atoms. The lowest BCUT2D eigenvalue weighted by Gasteiger charge is -2.18. The quantitative estimate of drug-likeness (QED) is 0.0262. The van der Waals surface area contributed by atoms with E-state index in [-0.39, 0.29) is 31.1 Å². The van der Waals surface area contributed by atoms with E-state index in [9.17, 15) is 14.4 Å². The van der Waals surface area contributed by atoms with Gasteiger partial charge in [0, 0.05) is 19.3 Å². The van der Waals surface area contributed by atoms with Gasteiger partial charge in [-0.25, -0.2) is 0 Å². The van der Waals surface area contributed by atoms with Gasteiger partial charge in [-0.15, -0.1) is 0 Å². The van der Waals surface area contributed by atoms with Crippen molar-refractivity contribution in [1.29, 1.82) is 0 Å². The minimum absolute atomic E-state index is 0.0803. The van der Waals surface area contributed by atoms with Crippen LogP contribution in [-0.2, 0) is 28.6 Å². The highest BCUT2D eigenvalue weighted by atomic mass is 16.6. The first-order chi connectivity index (χ1) is 32.0. The van der Waals surface area contributed by atoms with Gasteiger partial charge in [0.15, 0.2) is 6.10 Å². The van der Waals surface area contributed by atoms with Gasteiger partial charge in [0.1, 0.15) is 13.2 Å². The molecule has 6 heteroatoms. The van der Waals surface area contributed by atoms with Crippen molar-refractivity contribution in [2.45, 2.75) is 297 Å². The Hall–Kier alpha value is -2.63. The molecule has 0 saturated heterocycles. The van der Waals surface area contributed by atoms with E-state index in [1.807, 2.05) is 0 Å². The van der Waals surface area contributed by atoms with E-state index in [4.69, 9.17) is 14.2 Å². The van der Waals surface area contributed by atoms with Crippen LogP contribution in [0.4, 0.5) is 0 Å². The highest BCUT2D eigenvalue weighted by Gasteiger charge is 2.19. The third-order valence-electron chi connectivity index (χ3n) is 12.3. The molecule has 0 N–H and O–H groups in total. The highest BCUT2D eigenvalue weighted by Crippen LogP contribution is 2.16. The summed E-state index contributed by atoms with van der Waals surface area (Å²) in [6, 6.07) is 0. The van der Waals surface area contributed by atoms with Gasteiger partial charge in [0.05, 0.1) is 0 Å². The van der Waals surface area contributed by atoms with Crippen molar-refractivity contribution >= 4 is 17.9 Å². The zero-order valence-corrected chi connectivity index (χ0v) is 43.3. The van der Waals surface area contributed by atoms with Crippen molar-refractivity contribution in [3.8, 4) is 0 Å². The lowest BCUT2D eigenvalue weighted by atomic mass is 10.0. The summed E-state index contributed by atoms with van der Waals surface area (Å²) >= 11 is 0. The summed E-state index contributed by atoms with van der Waals surface area (Å²) in [6.45, 7) is 6.53.